The average Bonchev–Trinajstić information content (AvgIpc) is 2.66. The number of aryl methyl sites for hydroxylation is 1. The van der Waals surface area contributed by atoms with Crippen molar-refractivity contribution < 1.29 is 27.9 Å². The smallest absolute Gasteiger partial charge is 0.382 e. The maximum absolute atomic E-state index is 13.5. The predicted octanol–water partition coefficient (Wildman–Crippen LogP) is 1.89. The van der Waals surface area contributed by atoms with Gasteiger partial charge in [0, 0.05) is 23.2 Å². The summed E-state index contributed by atoms with van der Waals surface area (Å²) in [7, 11) is 0. The highest BCUT2D eigenvalue weighted by Crippen LogP contribution is 2.40. The molecule has 1 fully saturated rings. The van der Waals surface area contributed by atoms with Gasteiger partial charge in [-0.1, -0.05) is 12.1 Å². The molecule has 1 saturated heterocycles. The van der Waals surface area contributed by atoms with Crippen LogP contribution in [0, 0.1) is 6.92 Å². The van der Waals surface area contributed by atoms with E-state index in [4.69, 9.17) is 11.5 Å². The van der Waals surface area contributed by atoms with E-state index in [1.807, 2.05) is 13.8 Å². The zero-order valence-electron chi connectivity index (χ0n) is 17.1. The number of nitrogens with zero attached hydrogens (tertiary/aromatic N) is 3. The number of carbonyl (C=O) groups excluding carboxylic acids is 2. The van der Waals surface area contributed by atoms with E-state index in [-0.39, 0.29) is 28.3 Å². The Kier molecular flexibility index (Phi) is 5.21. The van der Waals surface area contributed by atoms with E-state index in [1.54, 1.807) is 11.8 Å². The molecule has 1 aliphatic rings. The Morgan fingerprint density at radius 3 is 2.39 bits per heavy atom. The fourth-order valence-corrected chi connectivity index (χ4v) is 3.43. The zero-order chi connectivity index (χ0) is 23.4. The van der Waals surface area contributed by atoms with Crippen LogP contribution in [0.25, 0.3) is 11.3 Å². The topological polar surface area (TPSA) is 135 Å². The van der Waals surface area contributed by atoms with Crippen molar-refractivity contribution in [1.29, 1.82) is 0 Å². The van der Waals surface area contributed by atoms with Crippen molar-refractivity contribution in [2.75, 3.05) is 12.3 Å². The van der Waals surface area contributed by atoms with Crippen molar-refractivity contribution in [3.8, 4) is 11.3 Å². The van der Waals surface area contributed by atoms with Gasteiger partial charge in [0.05, 0.1) is 11.9 Å². The van der Waals surface area contributed by atoms with E-state index >= 15 is 0 Å². The molecule has 0 saturated carbocycles. The Morgan fingerprint density at radius 2 is 1.90 bits per heavy atom. The molecule has 1 unspecified atom stereocenters. The molecule has 0 aliphatic carbocycles. The molecule has 0 radical (unpaired) electrons. The van der Waals surface area contributed by atoms with Gasteiger partial charge in [-0.3, -0.25) is 9.59 Å². The van der Waals surface area contributed by atoms with Gasteiger partial charge >= 0.3 is 6.18 Å². The summed E-state index contributed by atoms with van der Waals surface area (Å²) in [5.41, 5.74) is 6.21. The summed E-state index contributed by atoms with van der Waals surface area (Å²) >= 11 is 0. The number of anilines is 1. The summed E-state index contributed by atoms with van der Waals surface area (Å²) in [5, 5.41) is 10.1. The van der Waals surface area contributed by atoms with Gasteiger partial charge in [0.25, 0.3) is 17.4 Å². The van der Waals surface area contributed by atoms with Gasteiger partial charge in [0.2, 0.25) is 0 Å². The van der Waals surface area contributed by atoms with Gasteiger partial charge in [-0.25, -0.2) is 9.97 Å². The highest BCUT2D eigenvalue weighted by molar-refractivity contribution is 5.98. The largest absolute Gasteiger partial charge is 0.430 e. The van der Waals surface area contributed by atoms with Crippen LogP contribution in [0.4, 0.5) is 19.0 Å². The molecule has 2 aromatic rings. The van der Waals surface area contributed by atoms with Crippen molar-refractivity contribution >= 4 is 17.6 Å². The first-order valence-electron chi connectivity index (χ1n) is 9.35. The minimum absolute atomic E-state index is 0.0595. The van der Waals surface area contributed by atoms with Gasteiger partial charge < -0.3 is 21.5 Å². The van der Waals surface area contributed by atoms with Crippen LogP contribution in [-0.2, 0) is 10.4 Å². The molecule has 0 bridgehead atoms. The number of nitrogens with two attached hydrogens (primary N) is 2. The molecule has 0 spiro atoms. The van der Waals surface area contributed by atoms with Gasteiger partial charge in [0.15, 0.2) is 11.5 Å². The number of likely N-dealkylation sites (tertiary alicyclic amines) is 1. The van der Waals surface area contributed by atoms with Gasteiger partial charge in [-0.2, -0.15) is 13.2 Å². The number of hydrogen-bond donors (Lipinski definition) is 3. The number of rotatable bonds is 4. The maximum atomic E-state index is 13.5. The minimum atomic E-state index is -5.34. The molecule has 2 amide bonds. The predicted molar refractivity (Wildman–Crippen MR) is 105 cm³/mol. The molecular weight excluding hydrogens is 415 g/mol. The average molecular weight is 437 g/mol. The summed E-state index contributed by atoms with van der Waals surface area (Å²) in [6.07, 6.45) is -3.34. The molecule has 1 atom stereocenters. The Hall–Kier alpha value is -3.21. The van der Waals surface area contributed by atoms with Crippen LogP contribution in [0.1, 0.15) is 41.9 Å². The van der Waals surface area contributed by atoms with Crippen LogP contribution >= 0.6 is 0 Å². The number of aliphatic hydroxyl groups is 1. The first-order valence-corrected chi connectivity index (χ1v) is 9.35. The molecule has 166 valence electrons. The molecule has 2 heterocycles. The second-order valence-corrected chi connectivity index (χ2v) is 8.11. The molecule has 1 aliphatic heterocycles. The summed E-state index contributed by atoms with van der Waals surface area (Å²) < 4.78 is 40.4. The lowest BCUT2D eigenvalue weighted by molar-refractivity contribution is -0.255. The Bertz CT molecular complexity index is 1070. The number of primary amides is 1. The third-order valence-corrected chi connectivity index (χ3v) is 5.62. The van der Waals surface area contributed by atoms with E-state index in [2.05, 4.69) is 9.97 Å². The number of alkyl halides is 3. The summed E-state index contributed by atoms with van der Waals surface area (Å²) in [6, 6.07) is 3.19. The van der Waals surface area contributed by atoms with Crippen LogP contribution in [0.3, 0.4) is 0 Å². The van der Waals surface area contributed by atoms with Crippen LogP contribution in [0.5, 0.6) is 0 Å². The monoisotopic (exact) mass is 437 g/mol. The normalized spacial score (nSPS) is 17.6. The third kappa shape index (κ3) is 3.58. The lowest BCUT2D eigenvalue weighted by atomic mass is 9.88. The van der Waals surface area contributed by atoms with Crippen molar-refractivity contribution in [3.05, 3.63) is 41.2 Å². The SMILES string of the molecule is Cc1ccc(C(O)(C(N)=O)C(F)(F)F)cc1-c1cnc(N)c(C(=O)N2CCC2(C)C)n1. The number of amides is 2. The van der Waals surface area contributed by atoms with E-state index in [0.29, 0.717) is 12.1 Å². The molecule has 5 N–H and O–H groups in total. The number of halogens is 3. The van der Waals surface area contributed by atoms with Crippen molar-refractivity contribution in [2.24, 2.45) is 5.73 Å². The Labute approximate surface area is 176 Å². The van der Waals surface area contributed by atoms with E-state index in [0.717, 1.165) is 18.6 Å². The molecule has 3 rings (SSSR count). The molecule has 31 heavy (non-hydrogen) atoms. The third-order valence-electron chi connectivity index (χ3n) is 5.62. The van der Waals surface area contributed by atoms with Crippen molar-refractivity contribution in [2.45, 2.75) is 44.5 Å². The van der Waals surface area contributed by atoms with Crippen LogP contribution < -0.4 is 11.5 Å². The number of benzene rings is 1. The van der Waals surface area contributed by atoms with Crippen LogP contribution in [0.15, 0.2) is 24.4 Å². The second-order valence-electron chi connectivity index (χ2n) is 8.11. The van der Waals surface area contributed by atoms with Gasteiger partial charge in [-0.05, 0) is 38.8 Å². The van der Waals surface area contributed by atoms with E-state index in [1.165, 1.54) is 12.3 Å². The lowest BCUT2D eigenvalue weighted by Gasteiger charge is -2.48. The number of nitrogen functional groups attached to an aromatic ring is 1. The number of hydrogen-bond acceptors (Lipinski definition) is 6. The fourth-order valence-electron chi connectivity index (χ4n) is 3.43. The quantitative estimate of drug-likeness (QED) is 0.669. The fraction of sp³-hybridized carbons (Fsp3) is 0.400. The number of aromatic nitrogens is 2. The number of carbonyl (C=O) groups is 2. The van der Waals surface area contributed by atoms with Gasteiger partial charge in [0.1, 0.15) is 0 Å². The van der Waals surface area contributed by atoms with Crippen LogP contribution in [0.2, 0.25) is 0 Å². The van der Waals surface area contributed by atoms with E-state index in [9.17, 15) is 27.9 Å². The summed E-state index contributed by atoms with van der Waals surface area (Å²) in [6.45, 7) is 5.88. The molecule has 1 aromatic carbocycles. The standard InChI is InChI=1S/C20H22F3N5O3/c1-10-4-5-11(19(31,17(25)30)20(21,22)23)8-12(10)13-9-26-15(24)14(27-13)16(29)28-7-6-18(28,2)3/h4-5,8-9,31H,6-7H2,1-3H3,(H2,24,26)(H2,25,30). The lowest BCUT2D eigenvalue weighted by Crippen LogP contribution is -2.58. The Balaban J connectivity index is 2.11. The first-order chi connectivity index (χ1) is 14.2. The zero-order valence-corrected chi connectivity index (χ0v) is 17.1. The van der Waals surface area contributed by atoms with Gasteiger partial charge in [-0.15, -0.1) is 0 Å². The van der Waals surface area contributed by atoms with Crippen molar-refractivity contribution in [3.63, 3.8) is 0 Å². The minimum Gasteiger partial charge on any atom is -0.382 e. The van der Waals surface area contributed by atoms with Crippen molar-refractivity contribution in [1.82, 2.24) is 14.9 Å². The highest BCUT2D eigenvalue weighted by Gasteiger charge is 2.60. The summed E-state index contributed by atoms with van der Waals surface area (Å²) in [5.74, 6) is -2.52. The Morgan fingerprint density at radius 1 is 1.26 bits per heavy atom. The highest BCUT2D eigenvalue weighted by atomic mass is 19.4. The molecule has 11 heteroatoms. The molecule has 1 aromatic heterocycles. The molecule has 8 nitrogen and oxygen atoms in total. The maximum Gasteiger partial charge on any atom is 0.430 e. The molecular formula is C20H22F3N5O3. The second kappa shape index (κ2) is 7.19. The van der Waals surface area contributed by atoms with E-state index < -0.39 is 29.2 Å². The summed E-state index contributed by atoms with van der Waals surface area (Å²) in [4.78, 5) is 34.2. The van der Waals surface area contributed by atoms with Crippen LogP contribution in [-0.4, -0.2) is 50.0 Å². The first kappa shape index (κ1) is 22.5.